The summed E-state index contributed by atoms with van der Waals surface area (Å²) in [5, 5.41) is 2.22. The number of carbonyl (C=O) groups is 2. The summed E-state index contributed by atoms with van der Waals surface area (Å²) in [5.74, 6) is -3.65. The Morgan fingerprint density at radius 2 is 1.81 bits per heavy atom. The van der Waals surface area contributed by atoms with Gasteiger partial charge in [0.1, 0.15) is 18.2 Å². The van der Waals surface area contributed by atoms with Gasteiger partial charge in [0.15, 0.2) is 0 Å². The van der Waals surface area contributed by atoms with Crippen LogP contribution in [0.1, 0.15) is 31.1 Å². The smallest absolute Gasteiger partial charge is 0.340 e. The summed E-state index contributed by atoms with van der Waals surface area (Å²) < 4.78 is 36.6. The van der Waals surface area contributed by atoms with Gasteiger partial charge in [-0.25, -0.2) is 13.6 Å². The molecular formula is C14H17F2NO4. The third kappa shape index (κ3) is 5.11. The Morgan fingerprint density at radius 3 is 2.33 bits per heavy atom. The van der Waals surface area contributed by atoms with E-state index in [0.29, 0.717) is 6.07 Å². The van der Waals surface area contributed by atoms with E-state index >= 15 is 0 Å². The molecule has 116 valence electrons. The second kappa shape index (κ2) is 6.62. The number of hydrogen-bond donors (Lipinski definition) is 1. The van der Waals surface area contributed by atoms with Gasteiger partial charge in [0.2, 0.25) is 5.91 Å². The summed E-state index contributed by atoms with van der Waals surface area (Å²) in [5.41, 5.74) is -1.32. The van der Waals surface area contributed by atoms with E-state index in [0.717, 1.165) is 13.2 Å². The van der Waals surface area contributed by atoms with Crippen molar-refractivity contribution < 1.29 is 27.8 Å². The molecule has 0 spiro atoms. The van der Waals surface area contributed by atoms with Gasteiger partial charge in [-0.3, -0.25) is 4.79 Å². The van der Waals surface area contributed by atoms with E-state index in [4.69, 9.17) is 4.74 Å². The number of anilines is 1. The van der Waals surface area contributed by atoms with Crippen molar-refractivity contribution >= 4 is 17.6 Å². The minimum Gasteiger partial charge on any atom is -0.465 e. The third-order valence-corrected chi connectivity index (χ3v) is 2.37. The van der Waals surface area contributed by atoms with Gasteiger partial charge < -0.3 is 14.8 Å². The Labute approximate surface area is 121 Å². The number of methoxy groups -OCH3 is 1. The molecule has 0 unspecified atom stereocenters. The van der Waals surface area contributed by atoms with E-state index in [9.17, 15) is 18.4 Å². The average molecular weight is 301 g/mol. The van der Waals surface area contributed by atoms with Crippen molar-refractivity contribution in [3.05, 3.63) is 29.3 Å². The van der Waals surface area contributed by atoms with Gasteiger partial charge in [0, 0.05) is 6.07 Å². The maximum Gasteiger partial charge on any atom is 0.340 e. The highest BCUT2D eigenvalue weighted by Crippen LogP contribution is 2.20. The summed E-state index contributed by atoms with van der Waals surface area (Å²) >= 11 is 0. The fraction of sp³-hybridized carbons (Fsp3) is 0.429. The Bertz CT molecular complexity index is 553. The van der Waals surface area contributed by atoms with E-state index in [1.165, 1.54) is 0 Å². The summed E-state index contributed by atoms with van der Waals surface area (Å²) in [6.07, 6.45) is 0. The molecule has 7 heteroatoms. The molecule has 0 fully saturated rings. The van der Waals surface area contributed by atoms with Crippen molar-refractivity contribution in [1.29, 1.82) is 0 Å². The number of halogens is 2. The monoisotopic (exact) mass is 301 g/mol. The lowest BCUT2D eigenvalue weighted by Crippen LogP contribution is -2.27. The highest BCUT2D eigenvalue weighted by Gasteiger charge is 2.19. The molecule has 1 aromatic rings. The van der Waals surface area contributed by atoms with Crippen LogP contribution in [-0.2, 0) is 14.3 Å². The maximum absolute atomic E-state index is 13.6. The molecule has 1 amide bonds. The minimum atomic E-state index is -1.07. The van der Waals surface area contributed by atoms with E-state index < -0.39 is 34.7 Å². The highest BCUT2D eigenvalue weighted by atomic mass is 19.1. The van der Waals surface area contributed by atoms with Crippen molar-refractivity contribution in [1.82, 2.24) is 0 Å². The van der Waals surface area contributed by atoms with Crippen LogP contribution in [-0.4, -0.2) is 31.2 Å². The summed E-state index contributed by atoms with van der Waals surface area (Å²) in [6.45, 7) is 4.98. The van der Waals surface area contributed by atoms with Crippen molar-refractivity contribution in [2.24, 2.45) is 0 Å². The molecule has 1 N–H and O–H groups in total. The third-order valence-electron chi connectivity index (χ3n) is 2.37. The lowest BCUT2D eigenvalue weighted by molar-refractivity contribution is -0.125. The highest BCUT2D eigenvalue weighted by molar-refractivity contribution is 5.95. The van der Waals surface area contributed by atoms with Crippen LogP contribution < -0.4 is 5.32 Å². The fourth-order valence-electron chi connectivity index (χ4n) is 1.38. The zero-order valence-electron chi connectivity index (χ0n) is 12.3. The summed E-state index contributed by atoms with van der Waals surface area (Å²) in [7, 11) is 1.07. The van der Waals surface area contributed by atoms with Crippen LogP contribution >= 0.6 is 0 Å². The lowest BCUT2D eigenvalue weighted by Gasteiger charge is -2.19. The van der Waals surface area contributed by atoms with Gasteiger partial charge in [0.05, 0.1) is 24.0 Å². The number of amides is 1. The van der Waals surface area contributed by atoms with Gasteiger partial charge in [-0.05, 0) is 26.8 Å². The minimum absolute atomic E-state index is 0.298. The molecular weight excluding hydrogens is 284 g/mol. The van der Waals surface area contributed by atoms with Crippen molar-refractivity contribution in [2.45, 2.75) is 26.4 Å². The predicted molar refractivity (Wildman–Crippen MR) is 72.0 cm³/mol. The first-order valence-corrected chi connectivity index (χ1v) is 6.15. The van der Waals surface area contributed by atoms with Gasteiger partial charge in [0.25, 0.3) is 0 Å². The molecule has 1 rings (SSSR count). The van der Waals surface area contributed by atoms with E-state index in [-0.39, 0.29) is 12.3 Å². The van der Waals surface area contributed by atoms with E-state index in [2.05, 4.69) is 10.1 Å². The van der Waals surface area contributed by atoms with Crippen LogP contribution in [0.3, 0.4) is 0 Å². The molecule has 0 aromatic heterocycles. The topological polar surface area (TPSA) is 64.6 Å². The SMILES string of the molecule is COC(=O)c1cc(NC(=O)COC(C)(C)C)c(F)cc1F. The van der Waals surface area contributed by atoms with E-state index in [1.54, 1.807) is 20.8 Å². The van der Waals surface area contributed by atoms with Crippen LogP contribution in [0.25, 0.3) is 0 Å². The number of hydrogen-bond acceptors (Lipinski definition) is 4. The second-order valence-corrected chi connectivity index (χ2v) is 5.25. The number of ether oxygens (including phenoxy) is 2. The Kier molecular flexibility index (Phi) is 5.37. The number of carbonyl (C=O) groups excluding carboxylic acids is 2. The lowest BCUT2D eigenvalue weighted by atomic mass is 10.1. The van der Waals surface area contributed by atoms with Crippen molar-refractivity contribution in [2.75, 3.05) is 19.0 Å². The van der Waals surface area contributed by atoms with Crippen molar-refractivity contribution in [3.63, 3.8) is 0 Å². The molecule has 0 saturated heterocycles. The molecule has 0 aliphatic heterocycles. The van der Waals surface area contributed by atoms with Gasteiger partial charge in [-0.15, -0.1) is 0 Å². The zero-order valence-corrected chi connectivity index (χ0v) is 12.3. The molecule has 0 atom stereocenters. The Hall–Kier alpha value is -2.02. The quantitative estimate of drug-likeness (QED) is 0.868. The first-order chi connectivity index (χ1) is 9.64. The Morgan fingerprint density at radius 1 is 1.19 bits per heavy atom. The van der Waals surface area contributed by atoms with Crippen molar-refractivity contribution in [3.8, 4) is 0 Å². The molecule has 0 aliphatic carbocycles. The number of rotatable bonds is 4. The molecule has 0 saturated carbocycles. The van der Waals surface area contributed by atoms with Gasteiger partial charge in [-0.1, -0.05) is 0 Å². The zero-order chi connectivity index (χ0) is 16.2. The first kappa shape index (κ1) is 17.0. The number of benzene rings is 1. The van der Waals surface area contributed by atoms with Crippen LogP contribution in [0.2, 0.25) is 0 Å². The normalized spacial score (nSPS) is 11.1. The first-order valence-electron chi connectivity index (χ1n) is 6.15. The number of esters is 1. The van der Waals surface area contributed by atoms with Crippen LogP contribution in [0, 0.1) is 11.6 Å². The molecule has 1 aromatic carbocycles. The Balaban J connectivity index is 2.88. The molecule has 5 nitrogen and oxygen atoms in total. The van der Waals surface area contributed by atoms with Gasteiger partial charge in [-0.2, -0.15) is 0 Å². The maximum atomic E-state index is 13.6. The molecule has 0 aliphatic rings. The summed E-state index contributed by atoms with van der Waals surface area (Å²) in [6, 6.07) is 1.39. The molecule has 0 radical (unpaired) electrons. The average Bonchev–Trinajstić information content (AvgIpc) is 2.38. The second-order valence-electron chi connectivity index (χ2n) is 5.25. The molecule has 0 bridgehead atoms. The number of nitrogens with one attached hydrogen (secondary N) is 1. The van der Waals surface area contributed by atoms with Crippen LogP contribution in [0.15, 0.2) is 12.1 Å². The standard InChI is InChI=1S/C14H17F2NO4/c1-14(2,3)21-7-12(18)17-11-5-8(13(19)20-4)9(15)6-10(11)16/h5-6H,7H2,1-4H3,(H,17,18). The molecule has 21 heavy (non-hydrogen) atoms. The van der Waals surface area contributed by atoms with Crippen LogP contribution in [0.4, 0.5) is 14.5 Å². The molecule has 0 heterocycles. The largest absolute Gasteiger partial charge is 0.465 e. The fourth-order valence-corrected chi connectivity index (χ4v) is 1.38. The summed E-state index contributed by atoms with van der Waals surface area (Å²) in [4.78, 5) is 23.0. The predicted octanol–water partition coefficient (Wildman–Crippen LogP) is 2.51. The van der Waals surface area contributed by atoms with Crippen LogP contribution in [0.5, 0.6) is 0 Å². The van der Waals surface area contributed by atoms with Gasteiger partial charge >= 0.3 is 5.97 Å². The van der Waals surface area contributed by atoms with E-state index in [1.807, 2.05) is 0 Å².